The number of carbonyl (C=O) groups is 2. The van der Waals surface area contributed by atoms with Crippen molar-refractivity contribution in [1.82, 2.24) is 4.90 Å². The molecule has 0 spiro atoms. The first-order valence-corrected chi connectivity index (χ1v) is 13.3. The van der Waals surface area contributed by atoms with Crippen molar-refractivity contribution in [2.75, 3.05) is 13.7 Å². The number of thioether (sulfide) groups is 1. The van der Waals surface area contributed by atoms with E-state index in [9.17, 15) is 14.9 Å². The molecule has 1 saturated heterocycles. The number of amidine groups is 1. The molecule has 0 unspecified atom stereocenters. The molecule has 1 aliphatic heterocycles. The van der Waals surface area contributed by atoms with Crippen molar-refractivity contribution in [2.45, 2.75) is 20.0 Å². The van der Waals surface area contributed by atoms with Crippen molar-refractivity contribution in [3.05, 3.63) is 106 Å². The number of aromatic carboxylic acids is 1. The number of ether oxygens (including phenoxy) is 2. The Morgan fingerprint density at radius 2 is 1.93 bits per heavy atom. The van der Waals surface area contributed by atoms with Crippen LogP contribution in [0.25, 0.3) is 6.08 Å². The molecule has 1 fully saturated rings. The summed E-state index contributed by atoms with van der Waals surface area (Å²) in [6.07, 6.45) is 4.05. The minimum atomic E-state index is -1.01. The van der Waals surface area contributed by atoms with E-state index in [4.69, 9.17) is 14.6 Å². The van der Waals surface area contributed by atoms with Gasteiger partial charge in [-0.05, 0) is 79.2 Å². The minimum absolute atomic E-state index is 0.165. The number of methoxy groups -OCH3 is 1. The maximum atomic E-state index is 13.2. The molecule has 3 aromatic rings. The first-order valence-electron chi connectivity index (χ1n) is 12.4. The number of carboxylic acids is 1. The van der Waals surface area contributed by atoms with Gasteiger partial charge in [0.05, 0.1) is 34.9 Å². The summed E-state index contributed by atoms with van der Waals surface area (Å²) in [7, 11) is 1.55. The molecule has 0 radical (unpaired) electrons. The van der Waals surface area contributed by atoms with Crippen LogP contribution in [0.1, 0.15) is 39.5 Å². The smallest absolute Gasteiger partial charge is 0.335 e. The number of nitriles is 1. The van der Waals surface area contributed by atoms with E-state index in [1.165, 1.54) is 23.9 Å². The normalized spacial score (nSPS) is 14.8. The summed E-state index contributed by atoms with van der Waals surface area (Å²) in [5.41, 5.74) is 3.59. The minimum Gasteiger partial charge on any atom is -0.493 e. The first kappa shape index (κ1) is 28.2. The van der Waals surface area contributed by atoms with Crippen LogP contribution in [-0.4, -0.2) is 40.7 Å². The highest BCUT2D eigenvalue weighted by Crippen LogP contribution is 2.38. The number of carboxylic acid groups (broad SMARTS) is 1. The van der Waals surface area contributed by atoms with Crippen molar-refractivity contribution >= 4 is 40.6 Å². The molecule has 9 heteroatoms. The van der Waals surface area contributed by atoms with Crippen LogP contribution in [-0.2, 0) is 17.8 Å². The van der Waals surface area contributed by atoms with Crippen LogP contribution in [0.5, 0.6) is 11.5 Å². The van der Waals surface area contributed by atoms with Gasteiger partial charge in [0, 0.05) is 17.7 Å². The fourth-order valence-electron chi connectivity index (χ4n) is 4.11. The van der Waals surface area contributed by atoms with E-state index in [0.717, 1.165) is 16.7 Å². The first-order chi connectivity index (χ1) is 19.4. The van der Waals surface area contributed by atoms with E-state index in [-0.39, 0.29) is 18.1 Å². The molecule has 4 rings (SSSR count). The zero-order valence-corrected chi connectivity index (χ0v) is 22.9. The standard InChI is InChI=1S/C31H27N3O5S/c1-4-8-22-15-20(16-26(38-3)28(22)39-19-24-10-7-6-9-23(24)18-32)17-27-29(35)34(5-2)31(40-27)33-25-13-11-21(12-14-25)30(36)37/h4,6-7,9-17H,1,5,8,19H2,2-3H3,(H,36,37)/b27-17-,33-31?. The Balaban J connectivity index is 1.65. The maximum Gasteiger partial charge on any atom is 0.335 e. The summed E-state index contributed by atoms with van der Waals surface area (Å²) in [6, 6.07) is 19.3. The van der Waals surface area contributed by atoms with Gasteiger partial charge in [-0.3, -0.25) is 9.69 Å². The average molecular weight is 554 g/mol. The maximum absolute atomic E-state index is 13.2. The van der Waals surface area contributed by atoms with E-state index in [2.05, 4.69) is 17.6 Å². The second-order valence-electron chi connectivity index (χ2n) is 8.67. The highest BCUT2D eigenvalue weighted by Gasteiger charge is 2.32. The molecular formula is C31H27N3O5S. The Hall–Kier alpha value is -4.81. The molecule has 8 nitrogen and oxygen atoms in total. The number of allylic oxidation sites excluding steroid dienone is 1. The van der Waals surface area contributed by atoms with Gasteiger partial charge in [-0.15, -0.1) is 6.58 Å². The van der Waals surface area contributed by atoms with Gasteiger partial charge in [-0.1, -0.05) is 24.3 Å². The van der Waals surface area contributed by atoms with Gasteiger partial charge in [0.1, 0.15) is 6.61 Å². The van der Waals surface area contributed by atoms with Crippen LogP contribution in [0.2, 0.25) is 0 Å². The lowest BCUT2D eigenvalue weighted by molar-refractivity contribution is -0.122. The quantitative estimate of drug-likeness (QED) is 0.235. The largest absolute Gasteiger partial charge is 0.493 e. The molecule has 0 saturated carbocycles. The van der Waals surface area contributed by atoms with Crippen LogP contribution in [0.4, 0.5) is 5.69 Å². The average Bonchev–Trinajstić information content (AvgIpc) is 3.25. The lowest BCUT2D eigenvalue weighted by Crippen LogP contribution is -2.28. The molecule has 202 valence electrons. The summed E-state index contributed by atoms with van der Waals surface area (Å²) in [6.45, 7) is 6.35. The number of benzene rings is 3. The van der Waals surface area contributed by atoms with E-state index >= 15 is 0 Å². The summed E-state index contributed by atoms with van der Waals surface area (Å²) >= 11 is 1.25. The molecule has 0 atom stereocenters. The second kappa shape index (κ2) is 12.8. The second-order valence-corrected chi connectivity index (χ2v) is 9.68. The van der Waals surface area contributed by atoms with Gasteiger partial charge in [0.15, 0.2) is 16.7 Å². The zero-order chi connectivity index (χ0) is 28.6. The van der Waals surface area contributed by atoms with Crippen LogP contribution in [0, 0.1) is 11.3 Å². The molecule has 1 heterocycles. The van der Waals surface area contributed by atoms with Crippen molar-refractivity contribution in [1.29, 1.82) is 5.26 Å². The Morgan fingerprint density at radius 1 is 1.18 bits per heavy atom. The number of aliphatic imine (C=N–C) groups is 1. The fraction of sp³-hybridized carbons (Fsp3) is 0.161. The van der Waals surface area contributed by atoms with Crippen molar-refractivity contribution in [3.63, 3.8) is 0 Å². The molecule has 1 amide bonds. The summed E-state index contributed by atoms with van der Waals surface area (Å²) in [5, 5.41) is 19.0. The number of hydrogen-bond donors (Lipinski definition) is 1. The zero-order valence-electron chi connectivity index (χ0n) is 22.1. The van der Waals surface area contributed by atoms with Gasteiger partial charge in [-0.25, -0.2) is 9.79 Å². The van der Waals surface area contributed by atoms with Crippen molar-refractivity contribution < 1.29 is 24.2 Å². The van der Waals surface area contributed by atoms with Crippen LogP contribution in [0.15, 0.2) is 83.2 Å². The number of hydrogen-bond acceptors (Lipinski definition) is 7. The van der Waals surface area contributed by atoms with Gasteiger partial charge in [-0.2, -0.15) is 5.26 Å². The molecule has 0 aliphatic carbocycles. The summed E-state index contributed by atoms with van der Waals surface area (Å²) < 4.78 is 11.8. The molecule has 1 aliphatic rings. The third-order valence-corrected chi connectivity index (χ3v) is 7.10. The Bertz CT molecular complexity index is 1550. The Kier molecular flexibility index (Phi) is 9.04. The van der Waals surface area contributed by atoms with Gasteiger partial charge in [0.25, 0.3) is 5.91 Å². The third-order valence-electron chi connectivity index (χ3n) is 6.09. The Labute approximate surface area is 236 Å². The SMILES string of the molecule is C=CCc1cc(/C=C2\SC(=Nc3ccc(C(=O)O)cc3)N(CC)C2=O)cc(OC)c1OCc1ccccc1C#N. The topological polar surface area (TPSA) is 112 Å². The van der Waals surface area contributed by atoms with Gasteiger partial charge >= 0.3 is 5.97 Å². The number of amides is 1. The summed E-state index contributed by atoms with van der Waals surface area (Å²) in [5.74, 6) is -0.147. The van der Waals surface area contributed by atoms with E-state index in [1.54, 1.807) is 54.5 Å². The number of carbonyl (C=O) groups excluding carboxylic acids is 1. The molecule has 0 aromatic heterocycles. The highest BCUT2D eigenvalue weighted by atomic mass is 32.2. The molecule has 40 heavy (non-hydrogen) atoms. The predicted octanol–water partition coefficient (Wildman–Crippen LogP) is 6.20. The molecular weight excluding hydrogens is 526 g/mol. The lowest BCUT2D eigenvalue weighted by Gasteiger charge is -2.16. The van der Waals surface area contributed by atoms with Crippen LogP contribution < -0.4 is 9.47 Å². The number of rotatable bonds is 10. The fourth-order valence-corrected chi connectivity index (χ4v) is 5.17. The van der Waals surface area contributed by atoms with Crippen molar-refractivity contribution in [2.24, 2.45) is 4.99 Å². The lowest BCUT2D eigenvalue weighted by atomic mass is 10.0. The third kappa shape index (κ3) is 6.25. The van der Waals surface area contributed by atoms with E-state index in [1.807, 2.05) is 25.1 Å². The molecule has 1 N–H and O–H groups in total. The van der Waals surface area contributed by atoms with Gasteiger partial charge < -0.3 is 14.6 Å². The van der Waals surface area contributed by atoms with Gasteiger partial charge in [0.2, 0.25) is 0 Å². The molecule has 3 aromatic carbocycles. The number of likely N-dealkylation sites (N-methyl/N-ethyl adjacent to an activating group) is 1. The van der Waals surface area contributed by atoms with E-state index < -0.39 is 5.97 Å². The monoisotopic (exact) mass is 553 g/mol. The Morgan fingerprint density at radius 3 is 2.58 bits per heavy atom. The molecule has 0 bridgehead atoms. The highest BCUT2D eigenvalue weighted by molar-refractivity contribution is 8.18. The van der Waals surface area contributed by atoms with Crippen molar-refractivity contribution in [3.8, 4) is 17.6 Å². The van der Waals surface area contributed by atoms with Crippen LogP contribution >= 0.6 is 11.8 Å². The predicted molar refractivity (Wildman–Crippen MR) is 156 cm³/mol. The van der Waals surface area contributed by atoms with Crippen LogP contribution in [0.3, 0.4) is 0 Å². The van der Waals surface area contributed by atoms with E-state index in [0.29, 0.717) is 45.8 Å². The number of nitrogens with zero attached hydrogens (tertiary/aromatic N) is 3. The summed E-state index contributed by atoms with van der Waals surface area (Å²) in [4.78, 5) is 31.0.